The number of hydrogen-bond donors (Lipinski definition) is 7. The number of aromatic hydroxyl groups is 1. The van der Waals surface area contributed by atoms with Crippen LogP contribution in [0.2, 0.25) is 0 Å². The molecule has 0 saturated heterocycles. The summed E-state index contributed by atoms with van der Waals surface area (Å²) in [5.41, 5.74) is 5.41. The van der Waals surface area contributed by atoms with Crippen molar-refractivity contribution in [3.8, 4) is 5.75 Å². The van der Waals surface area contributed by atoms with Crippen LogP contribution >= 0.6 is 0 Å². The van der Waals surface area contributed by atoms with Crippen molar-refractivity contribution in [3.05, 3.63) is 48.0 Å². The van der Waals surface area contributed by atoms with Crippen LogP contribution in [0.4, 0.5) is 0 Å². The Morgan fingerprint density at radius 2 is 1.67 bits per heavy atom. The van der Waals surface area contributed by atoms with Gasteiger partial charge in [0, 0.05) is 37.7 Å². The molecule has 2 aliphatic rings. The second-order valence-electron chi connectivity index (χ2n) is 13.3. The number of phenols is 1. The SMILES string of the molecule is C=N.C=NCCCC([NH3+])C(=O)NC(Cc1ccc(O)cc1)C(=O)CC(Cc1cnc[nH]1)C(=O)NC(CC1CCC2CCCCC21)C(C)=O.CC.[CH+]=N. The number of nitrogens with zero attached hydrogens (tertiary/aromatic N) is 2. The molecule has 2 saturated carbocycles. The van der Waals surface area contributed by atoms with Gasteiger partial charge in [-0.05, 0) is 94.3 Å². The average molecular weight is 723 g/mol. The van der Waals surface area contributed by atoms with Gasteiger partial charge >= 0.3 is 6.72 Å². The van der Waals surface area contributed by atoms with Crippen LogP contribution in [-0.4, -0.2) is 83.3 Å². The fraction of sp³-hybridized carbons (Fsp3) is 0.590. The van der Waals surface area contributed by atoms with Gasteiger partial charge in [-0.1, -0.05) is 50.7 Å². The van der Waals surface area contributed by atoms with Crippen LogP contribution in [0, 0.1) is 34.5 Å². The first-order valence-electron chi connectivity index (χ1n) is 18.4. The smallest absolute Gasteiger partial charge is 0.338 e. The molecule has 286 valence electrons. The number of aliphatic imine (C=N–C) groups is 1. The third-order valence-electron chi connectivity index (χ3n) is 9.99. The number of aromatic amines is 1. The number of phenolic OH excluding ortho intramolecular Hbond substituents is 1. The fourth-order valence-electron chi connectivity index (χ4n) is 7.36. The number of amides is 2. The van der Waals surface area contributed by atoms with Crippen LogP contribution in [0.5, 0.6) is 5.75 Å². The largest absolute Gasteiger partial charge is 0.508 e. The van der Waals surface area contributed by atoms with Gasteiger partial charge in [-0.25, -0.2) is 4.98 Å². The number of rotatable bonds is 18. The van der Waals surface area contributed by atoms with E-state index < -0.39 is 24.0 Å². The zero-order chi connectivity index (χ0) is 39.1. The molecule has 4 rings (SSSR count). The molecule has 52 heavy (non-hydrogen) atoms. The van der Waals surface area contributed by atoms with Crippen molar-refractivity contribution in [1.29, 1.82) is 10.8 Å². The first-order valence-corrected chi connectivity index (χ1v) is 18.4. The lowest BCUT2D eigenvalue weighted by molar-refractivity contribution is -0.405. The molecule has 2 fully saturated rings. The number of nitrogens with one attached hydrogen (secondary N) is 5. The van der Waals surface area contributed by atoms with Gasteiger partial charge in [0.25, 0.3) is 5.91 Å². The molecule has 2 aromatic rings. The average Bonchev–Trinajstić information content (AvgIpc) is 3.84. The summed E-state index contributed by atoms with van der Waals surface area (Å²) in [5.74, 6) is -0.0327. The summed E-state index contributed by atoms with van der Waals surface area (Å²) >= 11 is 0. The van der Waals surface area contributed by atoms with E-state index in [0.29, 0.717) is 43.3 Å². The summed E-state index contributed by atoms with van der Waals surface area (Å²) in [4.78, 5) is 64.7. The highest BCUT2D eigenvalue weighted by Crippen LogP contribution is 2.47. The van der Waals surface area contributed by atoms with Crippen LogP contribution in [0.1, 0.15) is 96.2 Å². The quantitative estimate of drug-likeness (QED) is 0.0678. The Labute approximate surface area is 309 Å². The van der Waals surface area contributed by atoms with Gasteiger partial charge < -0.3 is 36.9 Å². The predicted molar refractivity (Wildman–Crippen MR) is 205 cm³/mol. The summed E-state index contributed by atoms with van der Waals surface area (Å²) < 4.78 is 0. The molecule has 2 aliphatic carbocycles. The van der Waals surface area contributed by atoms with Gasteiger partial charge in [-0.15, -0.1) is 0 Å². The highest BCUT2D eigenvalue weighted by Gasteiger charge is 2.39. The predicted octanol–water partition coefficient (Wildman–Crippen LogP) is 4.17. The molecule has 1 aromatic carbocycles. The first-order chi connectivity index (χ1) is 25.1. The van der Waals surface area contributed by atoms with Crippen molar-refractivity contribution in [2.24, 2.45) is 28.7 Å². The Bertz CT molecular complexity index is 1350. The molecular weight excluding hydrogens is 660 g/mol. The van der Waals surface area contributed by atoms with E-state index in [1.807, 2.05) is 13.8 Å². The third-order valence-corrected chi connectivity index (χ3v) is 9.99. The lowest BCUT2D eigenvalue weighted by Crippen LogP contribution is -2.68. The van der Waals surface area contributed by atoms with E-state index in [-0.39, 0.29) is 48.4 Å². The second-order valence-corrected chi connectivity index (χ2v) is 13.3. The number of hydrogen-bond acceptors (Lipinski definition) is 9. The van der Waals surface area contributed by atoms with E-state index in [9.17, 15) is 24.3 Å². The Balaban J connectivity index is 0.00000214. The van der Waals surface area contributed by atoms with Crippen molar-refractivity contribution in [3.63, 3.8) is 0 Å². The molecule has 0 spiro atoms. The molecule has 0 aliphatic heterocycles. The molecule has 1 aromatic heterocycles. The van der Waals surface area contributed by atoms with E-state index in [1.54, 1.807) is 18.3 Å². The molecule has 13 heteroatoms. The number of quaternary nitrogens is 1. The number of aromatic nitrogens is 2. The second kappa shape index (κ2) is 25.4. The standard InChI is InChI=1S/C35H50N6O5.C2H6.CH3N.CH2N/c1-22(42)31(18-25-12-11-24-6-3-4-7-29(24)25)40-34(45)26(17-27-20-38-21-39-27)19-33(44)32(16-23-9-13-28(43)14-10-23)41-35(46)30(36)8-5-15-37-2;3*1-2/h9-10,13-14,20-21,24-26,29-32,43H,2-8,11-12,15-19,36H2,1H3,(H,38,39)(H,40,45)(H,41,46);1-2H3;2H,1H2;1-2H/q;;;+1/p+1. The van der Waals surface area contributed by atoms with E-state index >= 15 is 0 Å². The number of Topliss-reactive ketones (excluding diaryl/α,β-unsaturated/α-hetero) is 2. The molecular formula is C39H62N8O5+2. The van der Waals surface area contributed by atoms with Crippen LogP contribution in [0.25, 0.3) is 0 Å². The van der Waals surface area contributed by atoms with Gasteiger partial charge in [-0.3, -0.25) is 19.2 Å². The van der Waals surface area contributed by atoms with Crippen LogP contribution < -0.4 is 16.4 Å². The van der Waals surface area contributed by atoms with Gasteiger partial charge in [0.1, 0.15) is 5.75 Å². The molecule has 7 atom stereocenters. The normalized spacial score (nSPS) is 19.5. The number of ketones is 2. The Morgan fingerprint density at radius 3 is 2.29 bits per heavy atom. The number of fused-ring (bicyclic) bond motifs is 1. The maximum atomic E-state index is 14.0. The van der Waals surface area contributed by atoms with E-state index in [4.69, 9.17) is 10.8 Å². The van der Waals surface area contributed by atoms with Gasteiger partial charge in [0.2, 0.25) is 5.91 Å². The highest BCUT2D eigenvalue weighted by molar-refractivity contribution is 5.94. The summed E-state index contributed by atoms with van der Waals surface area (Å²) in [6.45, 7) is 15.8. The molecule has 1 heterocycles. The van der Waals surface area contributed by atoms with Crippen LogP contribution in [-0.2, 0) is 32.0 Å². The lowest BCUT2D eigenvalue weighted by atomic mass is 9.76. The number of carbonyl (C=O) groups excluding carboxylic acids is 4. The third kappa shape index (κ3) is 14.9. The Morgan fingerprint density at radius 1 is 1.02 bits per heavy atom. The monoisotopic (exact) mass is 722 g/mol. The van der Waals surface area contributed by atoms with E-state index in [2.05, 4.69) is 51.5 Å². The van der Waals surface area contributed by atoms with Crippen molar-refractivity contribution < 1.29 is 30.0 Å². The first kappa shape index (κ1) is 45.4. The van der Waals surface area contributed by atoms with Gasteiger partial charge in [0.05, 0.1) is 24.3 Å². The zero-order valence-corrected chi connectivity index (χ0v) is 31.4. The molecule has 13 nitrogen and oxygen atoms in total. The fourth-order valence-corrected chi connectivity index (χ4v) is 7.36. The minimum Gasteiger partial charge on any atom is -0.508 e. The van der Waals surface area contributed by atoms with Crippen molar-refractivity contribution >= 4 is 43.5 Å². The molecule has 7 unspecified atom stereocenters. The van der Waals surface area contributed by atoms with E-state index in [1.165, 1.54) is 57.5 Å². The number of H-pyrrole nitrogens is 1. The topological polar surface area (TPSA) is 229 Å². The summed E-state index contributed by atoms with van der Waals surface area (Å²) in [6, 6.07) is 4.35. The summed E-state index contributed by atoms with van der Waals surface area (Å²) in [7, 11) is 0. The Hall–Kier alpha value is -4.61. The van der Waals surface area contributed by atoms with Crippen molar-refractivity contribution in [2.75, 3.05) is 6.54 Å². The minimum absolute atomic E-state index is 0.0789. The van der Waals surface area contributed by atoms with Crippen molar-refractivity contribution in [2.45, 2.75) is 116 Å². The summed E-state index contributed by atoms with van der Waals surface area (Å²) in [5, 5.41) is 26.4. The van der Waals surface area contributed by atoms with Gasteiger partial charge in [-0.2, -0.15) is 0 Å². The maximum absolute atomic E-state index is 14.0. The number of benzene rings is 1. The molecule has 0 bridgehead atoms. The number of imidazole rings is 1. The summed E-state index contributed by atoms with van der Waals surface area (Å²) in [6.07, 6.45) is 12.4. The molecule has 9 N–H and O–H groups in total. The van der Waals surface area contributed by atoms with Crippen LogP contribution in [0.3, 0.4) is 0 Å². The van der Waals surface area contributed by atoms with E-state index in [0.717, 1.165) is 17.9 Å². The van der Waals surface area contributed by atoms with Crippen molar-refractivity contribution in [1.82, 2.24) is 20.6 Å². The van der Waals surface area contributed by atoms with Crippen LogP contribution in [0.15, 0.2) is 41.8 Å². The molecule has 2 amide bonds. The Kier molecular flexibility index (Phi) is 22.1. The molecule has 0 radical (unpaired) electrons. The highest BCUT2D eigenvalue weighted by atomic mass is 16.3. The van der Waals surface area contributed by atoms with Gasteiger partial charge in [0.15, 0.2) is 17.6 Å². The number of carbonyl (C=O) groups is 4. The lowest BCUT2D eigenvalue weighted by Gasteiger charge is -2.31. The maximum Gasteiger partial charge on any atom is 0.338 e. The zero-order valence-electron chi connectivity index (χ0n) is 31.4. The minimum atomic E-state index is -0.916.